The summed E-state index contributed by atoms with van der Waals surface area (Å²) in [6.07, 6.45) is 2.67. The van der Waals surface area contributed by atoms with Crippen molar-refractivity contribution in [2.24, 2.45) is 0 Å². The third kappa shape index (κ3) is 4.57. The summed E-state index contributed by atoms with van der Waals surface area (Å²) in [7, 11) is 0. The van der Waals surface area contributed by atoms with Gasteiger partial charge in [-0.3, -0.25) is 4.79 Å². The lowest BCUT2D eigenvalue weighted by atomic mass is 10.1. The molecule has 1 aromatic carbocycles. The Morgan fingerprint density at radius 3 is 2.68 bits per heavy atom. The topological polar surface area (TPSA) is 78.7 Å². The van der Waals surface area contributed by atoms with Gasteiger partial charge in [0, 0.05) is 5.56 Å². The molecule has 0 aliphatic rings. The molecule has 0 atom stereocenters. The lowest BCUT2D eigenvalue weighted by Gasteiger charge is -2.11. The molecule has 1 rings (SSSR count). The molecule has 6 heteroatoms. The number of aryl methyl sites for hydroxylation is 1. The van der Waals surface area contributed by atoms with E-state index in [1.54, 1.807) is 6.07 Å². The van der Waals surface area contributed by atoms with Crippen molar-refractivity contribution in [2.75, 3.05) is 6.61 Å². The second kappa shape index (κ2) is 7.35. The molecule has 0 aliphatic heterocycles. The van der Waals surface area contributed by atoms with Crippen LogP contribution in [0.15, 0.2) is 18.2 Å². The van der Waals surface area contributed by atoms with Crippen LogP contribution < -0.4 is 4.74 Å². The molecule has 0 amide bonds. The smallest absolute Gasteiger partial charge is 0.334 e. The van der Waals surface area contributed by atoms with Gasteiger partial charge in [-0.2, -0.15) is 0 Å². The van der Waals surface area contributed by atoms with Crippen molar-refractivity contribution in [3.8, 4) is 5.75 Å². The first-order chi connectivity index (χ1) is 9.08. The largest absolute Gasteiger partial charge is 0.493 e. The summed E-state index contributed by atoms with van der Waals surface area (Å²) in [6.45, 7) is 4.57. The molecule has 0 fully saturated rings. The molecular weight excluding hydrogens is 250 g/mol. The van der Waals surface area contributed by atoms with E-state index in [4.69, 9.17) is 4.74 Å². The quantitative estimate of drug-likeness (QED) is 0.431. The third-order valence-electron chi connectivity index (χ3n) is 2.60. The van der Waals surface area contributed by atoms with Crippen molar-refractivity contribution in [3.05, 3.63) is 39.4 Å². The Balaban J connectivity index is 2.87. The van der Waals surface area contributed by atoms with Crippen LogP contribution in [0.3, 0.4) is 0 Å². The SMILES string of the molecule is CCCCOc1cc(C(=O)O[N+](=O)[O-])ccc1CC. The van der Waals surface area contributed by atoms with E-state index in [1.807, 2.05) is 6.92 Å². The fourth-order valence-electron chi connectivity index (χ4n) is 1.55. The summed E-state index contributed by atoms with van der Waals surface area (Å²) in [6, 6.07) is 4.70. The van der Waals surface area contributed by atoms with Crippen LogP contribution in [0.25, 0.3) is 0 Å². The van der Waals surface area contributed by atoms with Gasteiger partial charge in [0.05, 0.1) is 6.61 Å². The van der Waals surface area contributed by atoms with Gasteiger partial charge in [0.1, 0.15) is 5.75 Å². The Morgan fingerprint density at radius 2 is 2.11 bits per heavy atom. The zero-order chi connectivity index (χ0) is 14.3. The van der Waals surface area contributed by atoms with Crippen LogP contribution in [0.1, 0.15) is 42.6 Å². The number of unbranched alkanes of at least 4 members (excludes halogenated alkanes) is 1. The molecule has 19 heavy (non-hydrogen) atoms. The number of benzene rings is 1. The van der Waals surface area contributed by atoms with Crippen molar-refractivity contribution >= 4 is 5.97 Å². The predicted molar refractivity (Wildman–Crippen MR) is 68.6 cm³/mol. The second-order valence-corrected chi connectivity index (χ2v) is 3.98. The Kier molecular flexibility index (Phi) is 5.78. The van der Waals surface area contributed by atoms with E-state index in [1.165, 1.54) is 12.1 Å². The molecule has 0 saturated carbocycles. The number of hydrogen-bond donors (Lipinski definition) is 0. The van der Waals surface area contributed by atoms with Crippen LogP contribution in [0.4, 0.5) is 0 Å². The minimum atomic E-state index is -1.12. The van der Waals surface area contributed by atoms with Gasteiger partial charge in [-0.15, -0.1) is 10.1 Å². The van der Waals surface area contributed by atoms with Crippen LogP contribution in [-0.4, -0.2) is 17.7 Å². The summed E-state index contributed by atoms with van der Waals surface area (Å²) >= 11 is 0. The minimum absolute atomic E-state index is 0.111. The molecule has 6 nitrogen and oxygen atoms in total. The van der Waals surface area contributed by atoms with E-state index in [9.17, 15) is 14.9 Å². The number of nitrogens with zero attached hydrogens (tertiary/aromatic N) is 1. The first-order valence-corrected chi connectivity index (χ1v) is 6.20. The van der Waals surface area contributed by atoms with Gasteiger partial charge in [-0.25, -0.2) is 4.84 Å². The molecule has 0 saturated heterocycles. The highest BCUT2D eigenvalue weighted by atomic mass is 17.0. The van der Waals surface area contributed by atoms with Crippen LogP contribution in [0.5, 0.6) is 5.75 Å². The van der Waals surface area contributed by atoms with Gasteiger partial charge in [-0.05, 0) is 30.5 Å². The lowest BCUT2D eigenvalue weighted by Crippen LogP contribution is -2.11. The molecule has 0 spiro atoms. The van der Waals surface area contributed by atoms with E-state index in [-0.39, 0.29) is 5.56 Å². The highest BCUT2D eigenvalue weighted by molar-refractivity contribution is 5.89. The van der Waals surface area contributed by atoms with Crippen LogP contribution in [0.2, 0.25) is 0 Å². The number of carbonyl (C=O) groups excluding carboxylic acids is 1. The summed E-state index contributed by atoms with van der Waals surface area (Å²) in [4.78, 5) is 25.5. The molecule has 104 valence electrons. The number of ether oxygens (including phenoxy) is 1. The first kappa shape index (κ1) is 14.9. The maximum Gasteiger partial charge on any atom is 0.334 e. The van der Waals surface area contributed by atoms with E-state index in [0.717, 1.165) is 24.8 Å². The Morgan fingerprint density at radius 1 is 1.37 bits per heavy atom. The molecule has 0 aromatic heterocycles. The monoisotopic (exact) mass is 267 g/mol. The van der Waals surface area contributed by atoms with Gasteiger partial charge < -0.3 is 4.74 Å². The van der Waals surface area contributed by atoms with E-state index in [2.05, 4.69) is 11.8 Å². The maximum atomic E-state index is 11.4. The normalized spacial score (nSPS) is 10.0. The highest BCUT2D eigenvalue weighted by Gasteiger charge is 2.13. The fraction of sp³-hybridized carbons (Fsp3) is 0.462. The van der Waals surface area contributed by atoms with Gasteiger partial charge in [0.2, 0.25) is 0 Å². The van der Waals surface area contributed by atoms with Crippen molar-refractivity contribution < 1.29 is 19.5 Å². The van der Waals surface area contributed by atoms with Crippen molar-refractivity contribution in [2.45, 2.75) is 33.1 Å². The standard InChI is InChI=1S/C13H17NO5/c1-3-5-8-18-12-9-11(7-6-10(12)4-2)13(15)19-14(16)17/h6-7,9H,3-5,8H2,1-2H3. The number of hydrogen-bond acceptors (Lipinski definition) is 5. The van der Waals surface area contributed by atoms with Gasteiger partial charge in [-0.1, -0.05) is 26.3 Å². The van der Waals surface area contributed by atoms with E-state index in [0.29, 0.717) is 12.4 Å². The molecule has 1 aromatic rings. The average molecular weight is 267 g/mol. The summed E-state index contributed by atoms with van der Waals surface area (Å²) < 4.78 is 5.59. The third-order valence-corrected chi connectivity index (χ3v) is 2.60. The zero-order valence-corrected chi connectivity index (χ0v) is 11.0. The Hall–Kier alpha value is -2.11. The molecule has 0 radical (unpaired) electrons. The molecule has 0 N–H and O–H groups in total. The van der Waals surface area contributed by atoms with Crippen LogP contribution in [-0.2, 0) is 11.3 Å². The minimum Gasteiger partial charge on any atom is -0.493 e. The highest BCUT2D eigenvalue weighted by Crippen LogP contribution is 2.22. The zero-order valence-electron chi connectivity index (χ0n) is 11.0. The van der Waals surface area contributed by atoms with Crippen LogP contribution >= 0.6 is 0 Å². The maximum absolute atomic E-state index is 11.4. The molecule has 0 bridgehead atoms. The molecular formula is C13H17NO5. The first-order valence-electron chi connectivity index (χ1n) is 6.20. The van der Waals surface area contributed by atoms with E-state index >= 15 is 0 Å². The van der Waals surface area contributed by atoms with Gasteiger partial charge in [0.25, 0.3) is 0 Å². The predicted octanol–water partition coefficient (Wildman–Crippen LogP) is 2.78. The van der Waals surface area contributed by atoms with Gasteiger partial charge >= 0.3 is 11.1 Å². The average Bonchev–Trinajstić information content (AvgIpc) is 2.38. The number of carbonyl (C=O) groups is 1. The van der Waals surface area contributed by atoms with Crippen molar-refractivity contribution in [3.63, 3.8) is 0 Å². The van der Waals surface area contributed by atoms with Crippen molar-refractivity contribution in [1.82, 2.24) is 0 Å². The lowest BCUT2D eigenvalue weighted by molar-refractivity contribution is -0.727. The molecule has 0 unspecified atom stereocenters. The van der Waals surface area contributed by atoms with Crippen molar-refractivity contribution in [1.29, 1.82) is 0 Å². The fourth-order valence-corrected chi connectivity index (χ4v) is 1.55. The second-order valence-electron chi connectivity index (χ2n) is 3.98. The van der Waals surface area contributed by atoms with E-state index < -0.39 is 11.1 Å². The summed E-state index contributed by atoms with van der Waals surface area (Å²) in [5, 5.41) is 9.02. The summed E-state index contributed by atoms with van der Waals surface area (Å²) in [5.41, 5.74) is 1.06. The molecule has 0 heterocycles. The number of rotatable bonds is 7. The Labute approximate surface area is 111 Å². The van der Waals surface area contributed by atoms with Crippen LogP contribution in [0, 0.1) is 10.1 Å². The van der Waals surface area contributed by atoms with Gasteiger partial charge in [0.15, 0.2) is 0 Å². The summed E-state index contributed by atoms with van der Waals surface area (Å²) in [5.74, 6) is -0.415. The molecule has 0 aliphatic carbocycles. The Bertz CT molecular complexity index is 458.